The summed E-state index contributed by atoms with van der Waals surface area (Å²) in [7, 11) is 0. The van der Waals surface area contributed by atoms with E-state index in [1.165, 1.54) is 5.56 Å². The Hall–Kier alpha value is -2.59. The van der Waals surface area contributed by atoms with E-state index in [1.807, 2.05) is 48.7 Å². The third kappa shape index (κ3) is 4.03. The summed E-state index contributed by atoms with van der Waals surface area (Å²) in [6.45, 7) is 4.06. The minimum atomic E-state index is -0.209. The second-order valence-corrected chi connectivity index (χ2v) is 6.81. The molecule has 0 aliphatic carbocycles. The van der Waals surface area contributed by atoms with E-state index in [0.29, 0.717) is 0 Å². The Balaban J connectivity index is 1.79. The van der Waals surface area contributed by atoms with E-state index in [-0.39, 0.29) is 12.1 Å². The van der Waals surface area contributed by atoms with Crippen LogP contribution in [0.25, 0.3) is 0 Å². The SMILES string of the molecule is Cc1ccc(C(NC(=O)Nc2cccc(C)c2)c2cccs2)cc1. The van der Waals surface area contributed by atoms with Crippen LogP contribution >= 0.6 is 11.3 Å². The van der Waals surface area contributed by atoms with Gasteiger partial charge in [-0.2, -0.15) is 0 Å². The first-order chi connectivity index (χ1) is 11.6. The van der Waals surface area contributed by atoms with Crippen LogP contribution in [0.15, 0.2) is 66.0 Å². The average Bonchev–Trinajstić information content (AvgIpc) is 3.08. The number of hydrogen-bond donors (Lipinski definition) is 2. The monoisotopic (exact) mass is 336 g/mol. The van der Waals surface area contributed by atoms with Crippen molar-refractivity contribution in [3.63, 3.8) is 0 Å². The first-order valence-corrected chi connectivity index (χ1v) is 8.74. The molecule has 0 aliphatic rings. The van der Waals surface area contributed by atoms with Crippen molar-refractivity contribution >= 4 is 23.1 Å². The molecule has 1 atom stereocenters. The van der Waals surface area contributed by atoms with Crippen LogP contribution in [0.1, 0.15) is 27.6 Å². The normalized spacial score (nSPS) is 11.8. The summed E-state index contributed by atoms with van der Waals surface area (Å²) in [5.41, 5.74) is 4.18. The first-order valence-electron chi connectivity index (χ1n) is 7.86. The summed E-state index contributed by atoms with van der Waals surface area (Å²) in [6.07, 6.45) is 0. The van der Waals surface area contributed by atoms with E-state index >= 15 is 0 Å². The summed E-state index contributed by atoms with van der Waals surface area (Å²) >= 11 is 1.64. The van der Waals surface area contributed by atoms with Gasteiger partial charge >= 0.3 is 6.03 Å². The van der Waals surface area contributed by atoms with Crippen LogP contribution in [0, 0.1) is 13.8 Å². The zero-order valence-electron chi connectivity index (χ0n) is 13.7. The Labute approximate surface area is 146 Å². The van der Waals surface area contributed by atoms with Crippen molar-refractivity contribution in [3.05, 3.63) is 87.6 Å². The molecule has 0 bridgehead atoms. The second kappa shape index (κ2) is 7.32. The van der Waals surface area contributed by atoms with Gasteiger partial charge in [-0.25, -0.2) is 4.79 Å². The lowest BCUT2D eigenvalue weighted by Gasteiger charge is -2.19. The molecule has 0 saturated carbocycles. The molecule has 0 spiro atoms. The zero-order chi connectivity index (χ0) is 16.9. The predicted molar refractivity (Wildman–Crippen MR) is 101 cm³/mol. The number of aryl methyl sites for hydroxylation is 2. The van der Waals surface area contributed by atoms with Crippen molar-refractivity contribution < 1.29 is 4.79 Å². The molecule has 3 aromatic rings. The number of nitrogens with one attached hydrogen (secondary N) is 2. The fourth-order valence-corrected chi connectivity index (χ4v) is 3.36. The predicted octanol–water partition coefficient (Wildman–Crippen LogP) is 5.28. The van der Waals surface area contributed by atoms with Crippen LogP contribution in [0.4, 0.5) is 10.5 Å². The van der Waals surface area contributed by atoms with Gasteiger partial charge in [0.25, 0.3) is 0 Å². The molecule has 2 N–H and O–H groups in total. The molecule has 0 fully saturated rings. The van der Waals surface area contributed by atoms with Crippen molar-refractivity contribution in [3.8, 4) is 0 Å². The standard InChI is InChI=1S/C20H20N2OS/c1-14-8-10-16(11-9-14)19(18-7-4-12-24-18)22-20(23)21-17-6-3-5-15(2)13-17/h3-13,19H,1-2H3,(H2,21,22,23). The molecule has 0 aliphatic heterocycles. The van der Waals surface area contributed by atoms with E-state index < -0.39 is 0 Å². The molecule has 122 valence electrons. The van der Waals surface area contributed by atoms with Crippen molar-refractivity contribution in [1.82, 2.24) is 5.32 Å². The quantitative estimate of drug-likeness (QED) is 0.669. The number of amides is 2. The minimum Gasteiger partial charge on any atom is -0.326 e. The van der Waals surface area contributed by atoms with Crippen LogP contribution in [0.5, 0.6) is 0 Å². The minimum absolute atomic E-state index is 0.157. The molecule has 1 unspecified atom stereocenters. The highest BCUT2D eigenvalue weighted by Crippen LogP contribution is 2.26. The van der Waals surface area contributed by atoms with E-state index in [9.17, 15) is 4.79 Å². The third-order valence-electron chi connectivity index (χ3n) is 3.79. The van der Waals surface area contributed by atoms with Crippen LogP contribution in [0.2, 0.25) is 0 Å². The summed E-state index contributed by atoms with van der Waals surface area (Å²) in [5.74, 6) is 0. The maximum absolute atomic E-state index is 12.5. The molecule has 1 heterocycles. The van der Waals surface area contributed by atoms with E-state index in [0.717, 1.165) is 21.7 Å². The highest BCUT2D eigenvalue weighted by molar-refractivity contribution is 7.10. The zero-order valence-corrected chi connectivity index (χ0v) is 14.6. The number of anilines is 1. The third-order valence-corrected chi connectivity index (χ3v) is 4.73. The van der Waals surface area contributed by atoms with Gasteiger partial charge in [0.1, 0.15) is 0 Å². The van der Waals surface area contributed by atoms with Gasteiger partial charge in [0.15, 0.2) is 0 Å². The molecule has 3 rings (SSSR count). The molecule has 0 radical (unpaired) electrons. The number of hydrogen-bond acceptors (Lipinski definition) is 2. The van der Waals surface area contributed by atoms with E-state index in [1.54, 1.807) is 11.3 Å². The maximum Gasteiger partial charge on any atom is 0.320 e. The van der Waals surface area contributed by atoms with Gasteiger partial charge in [-0.1, -0.05) is 48.0 Å². The first kappa shape index (κ1) is 16.3. The topological polar surface area (TPSA) is 41.1 Å². The van der Waals surface area contributed by atoms with Crippen LogP contribution in [-0.2, 0) is 0 Å². The smallest absolute Gasteiger partial charge is 0.320 e. The van der Waals surface area contributed by atoms with Gasteiger partial charge in [-0.05, 0) is 48.6 Å². The number of urea groups is 1. The van der Waals surface area contributed by atoms with Crippen LogP contribution in [0.3, 0.4) is 0 Å². The lowest BCUT2D eigenvalue weighted by molar-refractivity contribution is 0.250. The summed E-state index contributed by atoms with van der Waals surface area (Å²) < 4.78 is 0. The fourth-order valence-electron chi connectivity index (χ4n) is 2.55. The fraction of sp³-hybridized carbons (Fsp3) is 0.150. The Kier molecular flexibility index (Phi) is 4.96. The number of carbonyl (C=O) groups is 1. The molecule has 1 aromatic heterocycles. The molecule has 2 amide bonds. The van der Waals surface area contributed by atoms with Gasteiger partial charge in [0.2, 0.25) is 0 Å². The molecule has 24 heavy (non-hydrogen) atoms. The number of thiophene rings is 1. The summed E-state index contributed by atoms with van der Waals surface area (Å²) in [5, 5.41) is 8.02. The Morgan fingerprint density at radius 1 is 0.958 bits per heavy atom. The average molecular weight is 336 g/mol. The van der Waals surface area contributed by atoms with Gasteiger partial charge in [0, 0.05) is 10.6 Å². The number of carbonyl (C=O) groups excluding carboxylic acids is 1. The van der Waals surface area contributed by atoms with Gasteiger partial charge in [-0.15, -0.1) is 11.3 Å². The summed E-state index contributed by atoms with van der Waals surface area (Å²) in [6, 6.07) is 19.7. The van der Waals surface area contributed by atoms with Gasteiger partial charge in [0.05, 0.1) is 6.04 Å². The van der Waals surface area contributed by atoms with Crippen molar-refractivity contribution in [2.24, 2.45) is 0 Å². The second-order valence-electron chi connectivity index (χ2n) is 5.83. The lowest BCUT2D eigenvalue weighted by Crippen LogP contribution is -2.32. The summed E-state index contributed by atoms with van der Waals surface area (Å²) in [4.78, 5) is 13.6. The Morgan fingerprint density at radius 2 is 1.75 bits per heavy atom. The van der Waals surface area contributed by atoms with Crippen LogP contribution < -0.4 is 10.6 Å². The van der Waals surface area contributed by atoms with E-state index in [4.69, 9.17) is 0 Å². The Morgan fingerprint density at radius 3 is 2.42 bits per heavy atom. The number of benzene rings is 2. The lowest BCUT2D eigenvalue weighted by atomic mass is 10.0. The molecule has 2 aromatic carbocycles. The van der Waals surface area contributed by atoms with Crippen LogP contribution in [-0.4, -0.2) is 6.03 Å². The van der Waals surface area contributed by atoms with E-state index in [2.05, 4.69) is 41.8 Å². The molecule has 0 saturated heterocycles. The van der Waals surface area contributed by atoms with Crippen molar-refractivity contribution in [2.75, 3.05) is 5.32 Å². The van der Waals surface area contributed by atoms with Crippen molar-refractivity contribution in [2.45, 2.75) is 19.9 Å². The highest BCUT2D eigenvalue weighted by Gasteiger charge is 2.17. The number of rotatable bonds is 4. The van der Waals surface area contributed by atoms with Crippen molar-refractivity contribution in [1.29, 1.82) is 0 Å². The van der Waals surface area contributed by atoms with Gasteiger partial charge < -0.3 is 10.6 Å². The highest BCUT2D eigenvalue weighted by atomic mass is 32.1. The van der Waals surface area contributed by atoms with Gasteiger partial charge in [-0.3, -0.25) is 0 Å². The molecular weight excluding hydrogens is 316 g/mol. The largest absolute Gasteiger partial charge is 0.326 e. The molecule has 3 nitrogen and oxygen atoms in total. The molecular formula is C20H20N2OS. The Bertz CT molecular complexity index is 810. The molecule has 4 heteroatoms. The maximum atomic E-state index is 12.5.